The number of carbonyl (C=O) groups is 2. The molecule has 0 bridgehead atoms. The Morgan fingerprint density at radius 1 is 1.29 bits per heavy atom. The average molecular weight is 330 g/mol. The molecule has 0 aliphatic carbocycles. The van der Waals surface area contributed by atoms with Gasteiger partial charge in [-0.3, -0.25) is 9.59 Å². The number of ether oxygens (including phenoxy) is 1. The van der Waals surface area contributed by atoms with Crippen molar-refractivity contribution in [3.63, 3.8) is 0 Å². The molecule has 3 rings (SSSR count). The van der Waals surface area contributed by atoms with Crippen LogP contribution in [0, 0.1) is 5.41 Å². The van der Waals surface area contributed by atoms with E-state index in [2.05, 4.69) is 17.4 Å². The normalized spacial score (nSPS) is 20.6. The van der Waals surface area contributed by atoms with Gasteiger partial charge >= 0.3 is 0 Å². The highest BCUT2D eigenvalue weighted by Crippen LogP contribution is 2.25. The Morgan fingerprint density at radius 3 is 2.75 bits per heavy atom. The third-order valence-electron chi connectivity index (χ3n) is 5.03. The van der Waals surface area contributed by atoms with Crippen LogP contribution in [0.15, 0.2) is 24.3 Å². The molecular formula is C19H26N2O3. The second-order valence-electron chi connectivity index (χ2n) is 7.22. The molecule has 2 heterocycles. The lowest BCUT2D eigenvalue weighted by molar-refractivity contribution is -0.149. The van der Waals surface area contributed by atoms with E-state index in [1.807, 2.05) is 12.1 Å². The minimum Gasteiger partial charge on any atom is -0.376 e. The van der Waals surface area contributed by atoms with E-state index in [1.165, 1.54) is 11.1 Å². The van der Waals surface area contributed by atoms with E-state index in [0.29, 0.717) is 19.6 Å². The lowest BCUT2D eigenvalue weighted by atomic mass is 9.88. The number of nitrogens with one attached hydrogen (secondary N) is 1. The van der Waals surface area contributed by atoms with Crippen LogP contribution < -0.4 is 5.32 Å². The molecule has 0 saturated carbocycles. The fourth-order valence-electron chi connectivity index (χ4n) is 3.39. The highest BCUT2D eigenvalue weighted by atomic mass is 16.5. The van der Waals surface area contributed by atoms with Crippen LogP contribution in [0.3, 0.4) is 0 Å². The number of hydrogen-bond donors (Lipinski definition) is 1. The van der Waals surface area contributed by atoms with Gasteiger partial charge < -0.3 is 15.0 Å². The second-order valence-corrected chi connectivity index (χ2v) is 7.22. The van der Waals surface area contributed by atoms with Crippen molar-refractivity contribution in [1.82, 2.24) is 10.2 Å². The van der Waals surface area contributed by atoms with Gasteiger partial charge in [0.15, 0.2) is 0 Å². The maximum atomic E-state index is 12.9. The van der Waals surface area contributed by atoms with E-state index < -0.39 is 5.41 Å². The van der Waals surface area contributed by atoms with Gasteiger partial charge in [0.05, 0.1) is 6.10 Å². The zero-order valence-electron chi connectivity index (χ0n) is 14.5. The molecule has 0 aromatic heterocycles. The summed E-state index contributed by atoms with van der Waals surface area (Å²) in [4.78, 5) is 27.2. The highest BCUT2D eigenvalue weighted by molar-refractivity contribution is 6.04. The molecule has 1 fully saturated rings. The second kappa shape index (κ2) is 6.93. The van der Waals surface area contributed by atoms with Gasteiger partial charge in [-0.1, -0.05) is 24.3 Å². The standard InChI is InChI=1S/C19H26N2O3/c1-19(2,17(22)20-12-16-8-5-11-24-16)18(23)21-10-9-14-6-3-4-7-15(14)13-21/h3-4,6-7,16H,5,8-13H2,1-2H3,(H,20,22). The molecule has 130 valence electrons. The predicted molar refractivity (Wildman–Crippen MR) is 91.3 cm³/mol. The largest absolute Gasteiger partial charge is 0.376 e. The summed E-state index contributed by atoms with van der Waals surface area (Å²) in [7, 11) is 0. The first-order chi connectivity index (χ1) is 11.5. The Kier molecular flexibility index (Phi) is 4.90. The van der Waals surface area contributed by atoms with Crippen molar-refractivity contribution in [3.8, 4) is 0 Å². The van der Waals surface area contributed by atoms with Crippen molar-refractivity contribution in [2.24, 2.45) is 5.41 Å². The fraction of sp³-hybridized carbons (Fsp3) is 0.579. The smallest absolute Gasteiger partial charge is 0.238 e. The Morgan fingerprint density at radius 2 is 2.04 bits per heavy atom. The number of benzene rings is 1. The first-order valence-electron chi connectivity index (χ1n) is 8.74. The maximum Gasteiger partial charge on any atom is 0.238 e. The van der Waals surface area contributed by atoms with Crippen molar-refractivity contribution in [2.45, 2.75) is 45.8 Å². The molecule has 1 aromatic rings. The van der Waals surface area contributed by atoms with Crippen molar-refractivity contribution >= 4 is 11.8 Å². The molecular weight excluding hydrogens is 304 g/mol. The summed E-state index contributed by atoms with van der Waals surface area (Å²) in [5.41, 5.74) is 1.40. The van der Waals surface area contributed by atoms with Crippen LogP contribution in [0.25, 0.3) is 0 Å². The lowest BCUT2D eigenvalue weighted by Crippen LogP contribution is -2.51. The van der Waals surface area contributed by atoms with Gasteiger partial charge in [-0.2, -0.15) is 0 Å². The monoisotopic (exact) mass is 330 g/mol. The molecule has 5 nitrogen and oxygen atoms in total. The van der Waals surface area contributed by atoms with E-state index in [0.717, 1.165) is 25.9 Å². The summed E-state index contributed by atoms with van der Waals surface area (Å²) < 4.78 is 5.52. The van der Waals surface area contributed by atoms with Crippen LogP contribution in [0.1, 0.15) is 37.8 Å². The first kappa shape index (κ1) is 17.0. The van der Waals surface area contributed by atoms with E-state index in [1.54, 1.807) is 18.7 Å². The number of carbonyl (C=O) groups excluding carboxylic acids is 2. The molecule has 2 amide bonds. The molecule has 0 spiro atoms. The quantitative estimate of drug-likeness (QED) is 0.858. The maximum absolute atomic E-state index is 12.9. The zero-order valence-corrected chi connectivity index (χ0v) is 14.5. The van der Waals surface area contributed by atoms with Gasteiger partial charge in [0.2, 0.25) is 11.8 Å². The van der Waals surface area contributed by atoms with E-state index in [9.17, 15) is 9.59 Å². The van der Waals surface area contributed by atoms with Gasteiger partial charge in [0.1, 0.15) is 5.41 Å². The first-order valence-corrected chi connectivity index (χ1v) is 8.74. The van der Waals surface area contributed by atoms with Crippen LogP contribution in [0.5, 0.6) is 0 Å². The van der Waals surface area contributed by atoms with Gasteiger partial charge in [0.25, 0.3) is 0 Å². The number of hydrogen-bond acceptors (Lipinski definition) is 3. The summed E-state index contributed by atoms with van der Waals surface area (Å²) >= 11 is 0. The molecule has 1 saturated heterocycles. The lowest BCUT2D eigenvalue weighted by Gasteiger charge is -2.34. The summed E-state index contributed by atoms with van der Waals surface area (Å²) in [5, 5.41) is 2.89. The van der Waals surface area contributed by atoms with Crippen molar-refractivity contribution < 1.29 is 14.3 Å². The zero-order chi connectivity index (χ0) is 17.2. The Labute approximate surface area is 143 Å². The highest BCUT2D eigenvalue weighted by Gasteiger charge is 2.40. The molecule has 1 aromatic carbocycles. The van der Waals surface area contributed by atoms with Crippen LogP contribution in [-0.2, 0) is 27.3 Å². The minimum absolute atomic E-state index is 0.0849. The molecule has 0 radical (unpaired) electrons. The third-order valence-corrected chi connectivity index (χ3v) is 5.03. The van der Waals surface area contributed by atoms with Crippen LogP contribution in [0.4, 0.5) is 0 Å². The SMILES string of the molecule is CC(C)(C(=O)NCC1CCCO1)C(=O)N1CCc2ccccc2C1. The predicted octanol–water partition coefficient (Wildman–Crippen LogP) is 1.89. The van der Waals surface area contributed by atoms with E-state index >= 15 is 0 Å². The van der Waals surface area contributed by atoms with Gasteiger partial charge in [-0.05, 0) is 44.2 Å². The Hall–Kier alpha value is -1.88. The molecule has 2 aliphatic rings. The van der Waals surface area contributed by atoms with Gasteiger partial charge in [0, 0.05) is 26.2 Å². The number of fused-ring (bicyclic) bond motifs is 1. The summed E-state index contributed by atoms with van der Waals surface area (Å²) in [6.07, 6.45) is 2.94. The number of nitrogens with zero attached hydrogens (tertiary/aromatic N) is 1. The Bertz CT molecular complexity index is 621. The number of amides is 2. The van der Waals surface area contributed by atoms with E-state index in [4.69, 9.17) is 4.74 Å². The van der Waals surface area contributed by atoms with Gasteiger partial charge in [-0.25, -0.2) is 0 Å². The van der Waals surface area contributed by atoms with Crippen LogP contribution in [-0.4, -0.2) is 42.5 Å². The van der Waals surface area contributed by atoms with Crippen molar-refractivity contribution in [3.05, 3.63) is 35.4 Å². The molecule has 1 unspecified atom stereocenters. The summed E-state index contributed by atoms with van der Waals surface area (Å²) in [5.74, 6) is -0.330. The molecule has 2 aliphatic heterocycles. The Balaban J connectivity index is 1.61. The van der Waals surface area contributed by atoms with E-state index in [-0.39, 0.29) is 17.9 Å². The van der Waals surface area contributed by atoms with Crippen LogP contribution in [0.2, 0.25) is 0 Å². The van der Waals surface area contributed by atoms with Crippen LogP contribution >= 0.6 is 0 Å². The van der Waals surface area contributed by atoms with Crippen molar-refractivity contribution in [2.75, 3.05) is 19.7 Å². The third kappa shape index (κ3) is 3.46. The molecule has 1 N–H and O–H groups in total. The number of rotatable bonds is 4. The minimum atomic E-state index is -1.06. The average Bonchev–Trinajstić information content (AvgIpc) is 3.12. The van der Waals surface area contributed by atoms with Crippen molar-refractivity contribution in [1.29, 1.82) is 0 Å². The topological polar surface area (TPSA) is 58.6 Å². The van der Waals surface area contributed by atoms with Gasteiger partial charge in [-0.15, -0.1) is 0 Å². The fourth-order valence-corrected chi connectivity index (χ4v) is 3.39. The molecule has 24 heavy (non-hydrogen) atoms. The summed E-state index contributed by atoms with van der Waals surface area (Å²) in [6.45, 7) is 5.91. The molecule has 5 heteroatoms. The summed E-state index contributed by atoms with van der Waals surface area (Å²) in [6, 6.07) is 8.18. The molecule has 1 atom stereocenters.